The largest absolute Gasteiger partial charge is 0.420 e. The van der Waals surface area contributed by atoms with Crippen LogP contribution in [0.1, 0.15) is 33.4 Å². The smallest absolute Gasteiger partial charge is 0.309 e. The number of nitriles is 1. The Bertz CT molecular complexity index is 2950. The van der Waals surface area contributed by atoms with Crippen LogP contribution < -0.4 is 0 Å². The van der Waals surface area contributed by atoms with Gasteiger partial charge in [-0.15, -0.1) is 0 Å². The summed E-state index contributed by atoms with van der Waals surface area (Å²) in [5, 5.41) is 8.71. The SMILES string of the molecule is N#Cc1cccc(-c2ccc(-n3c4cc(C(F)(F)F)ccc4c4ccc(C(F)(F)F)cc43)c(C(F)(F)F)c2-n2c3cc(C(F)(F)F)ccc3c3ccc(C(F)(F)F)cc32)c1. The first-order chi connectivity index (χ1) is 27.9. The Kier molecular flexibility index (Phi) is 8.82. The first kappa shape index (κ1) is 40.2. The average molecular weight is 850 g/mol. The molecule has 0 N–H and O–H groups in total. The van der Waals surface area contributed by atoms with Crippen molar-refractivity contribution in [2.24, 2.45) is 0 Å². The zero-order chi connectivity index (χ0) is 43.5. The summed E-state index contributed by atoms with van der Waals surface area (Å²) >= 11 is 0. The summed E-state index contributed by atoms with van der Waals surface area (Å²) in [6.07, 6.45) is -26.2. The van der Waals surface area contributed by atoms with Crippen molar-refractivity contribution >= 4 is 43.6 Å². The van der Waals surface area contributed by atoms with Crippen LogP contribution in [0.25, 0.3) is 66.1 Å². The summed E-state index contributed by atoms with van der Waals surface area (Å²) in [7, 11) is 0. The minimum atomic E-state index is -5.72. The predicted molar refractivity (Wildman–Crippen MR) is 190 cm³/mol. The molecule has 8 rings (SSSR count). The molecule has 0 aliphatic rings. The molecule has 60 heavy (non-hydrogen) atoms. The van der Waals surface area contributed by atoms with Gasteiger partial charge in [0.25, 0.3) is 0 Å². The Morgan fingerprint density at radius 3 is 1.13 bits per heavy atom. The third-order valence-electron chi connectivity index (χ3n) is 10.1. The summed E-state index contributed by atoms with van der Waals surface area (Å²) in [5.74, 6) is 0. The van der Waals surface area contributed by atoms with Crippen LogP contribution >= 0.6 is 0 Å². The fourth-order valence-electron chi connectivity index (χ4n) is 7.51. The molecule has 0 amide bonds. The molecule has 0 aliphatic carbocycles. The lowest BCUT2D eigenvalue weighted by Gasteiger charge is -2.25. The molecule has 0 radical (unpaired) electrons. The van der Waals surface area contributed by atoms with Gasteiger partial charge in [-0.2, -0.15) is 71.1 Å². The van der Waals surface area contributed by atoms with E-state index >= 15 is 13.2 Å². The lowest BCUT2D eigenvalue weighted by atomic mass is 9.96. The number of hydrogen-bond acceptors (Lipinski definition) is 1. The summed E-state index contributed by atoms with van der Waals surface area (Å²) in [5.41, 5.74) is -13.4. The van der Waals surface area contributed by atoms with Crippen LogP contribution in [0.4, 0.5) is 65.9 Å². The Balaban J connectivity index is 1.65. The van der Waals surface area contributed by atoms with Gasteiger partial charge >= 0.3 is 30.9 Å². The predicted octanol–water partition coefficient (Wildman–Crippen LogP) is 14.5. The van der Waals surface area contributed by atoms with Gasteiger partial charge in [0.15, 0.2) is 0 Å². The molecule has 2 heterocycles. The van der Waals surface area contributed by atoms with E-state index in [4.69, 9.17) is 0 Å². The average Bonchev–Trinajstić information content (AvgIpc) is 3.66. The molecule has 0 saturated heterocycles. The van der Waals surface area contributed by atoms with Crippen LogP contribution in [0.3, 0.4) is 0 Å². The van der Waals surface area contributed by atoms with Crippen molar-refractivity contribution < 1.29 is 65.9 Å². The van der Waals surface area contributed by atoms with Crippen molar-refractivity contribution in [2.45, 2.75) is 30.9 Å². The van der Waals surface area contributed by atoms with E-state index in [9.17, 15) is 57.9 Å². The van der Waals surface area contributed by atoms with Crippen LogP contribution in [0.2, 0.25) is 0 Å². The highest BCUT2D eigenvalue weighted by Crippen LogP contribution is 2.49. The molecule has 0 unspecified atom stereocenters. The van der Waals surface area contributed by atoms with E-state index in [0.717, 1.165) is 42.5 Å². The van der Waals surface area contributed by atoms with Gasteiger partial charge in [-0.05, 0) is 72.3 Å². The van der Waals surface area contributed by atoms with Gasteiger partial charge in [0.1, 0.15) is 5.56 Å². The van der Waals surface area contributed by atoms with Crippen molar-refractivity contribution in [3.63, 3.8) is 0 Å². The Hall–Kier alpha value is -6.64. The van der Waals surface area contributed by atoms with E-state index in [1.165, 1.54) is 18.2 Å². The second-order valence-electron chi connectivity index (χ2n) is 13.6. The summed E-state index contributed by atoms with van der Waals surface area (Å²) in [4.78, 5) is 0. The molecule has 3 nitrogen and oxygen atoms in total. The van der Waals surface area contributed by atoms with Gasteiger partial charge in [0.2, 0.25) is 0 Å². The number of alkyl halides is 15. The van der Waals surface area contributed by atoms with Gasteiger partial charge < -0.3 is 9.13 Å². The lowest BCUT2D eigenvalue weighted by Crippen LogP contribution is -2.17. The number of fused-ring (bicyclic) bond motifs is 6. The lowest BCUT2D eigenvalue weighted by molar-refractivity contribution is -0.138. The molecule has 2 aromatic heterocycles. The van der Waals surface area contributed by atoms with E-state index in [-0.39, 0.29) is 32.7 Å². The van der Waals surface area contributed by atoms with Crippen LogP contribution in [0.5, 0.6) is 0 Å². The van der Waals surface area contributed by atoms with Crippen molar-refractivity contribution in [3.8, 4) is 28.6 Å². The molecule has 6 aromatic carbocycles. The normalized spacial score (nSPS) is 13.2. The first-order valence-corrected chi connectivity index (χ1v) is 17.1. The fourth-order valence-corrected chi connectivity index (χ4v) is 7.51. The maximum atomic E-state index is 16.2. The van der Waals surface area contributed by atoms with Gasteiger partial charge in [0.05, 0.1) is 67.3 Å². The molecule has 0 aliphatic heterocycles. The fraction of sp³-hybridized carbons (Fsp3) is 0.119. The van der Waals surface area contributed by atoms with Crippen LogP contribution in [0.15, 0.2) is 109 Å². The Labute approximate surface area is 325 Å². The quantitative estimate of drug-likeness (QED) is 0.163. The van der Waals surface area contributed by atoms with Crippen molar-refractivity contribution in [2.75, 3.05) is 0 Å². The second-order valence-corrected chi connectivity index (χ2v) is 13.6. The number of nitrogens with zero attached hydrogens (tertiary/aromatic N) is 3. The van der Waals surface area contributed by atoms with Crippen LogP contribution in [-0.4, -0.2) is 9.13 Å². The first-order valence-electron chi connectivity index (χ1n) is 17.1. The zero-order valence-electron chi connectivity index (χ0n) is 29.4. The number of rotatable bonds is 3. The molecule has 18 heteroatoms. The molecule has 306 valence electrons. The second kappa shape index (κ2) is 13.2. The zero-order valence-corrected chi connectivity index (χ0v) is 29.4. The van der Waals surface area contributed by atoms with E-state index in [0.29, 0.717) is 57.7 Å². The number of hydrogen-bond donors (Lipinski definition) is 0. The highest BCUT2D eigenvalue weighted by molar-refractivity contribution is 6.12. The molecule has 0 fully saturated rings. The van der Waals surface area contributed by atoms with Crippen molar-refractivity contribution in [1.82, 2.24) is 9.13 Å². The molecule has 0 spiro atoms. The third kappa shape index (κ3) is 6.61. The molecule has 0 atom stereocenters. The Morgan fingerprint density at radius 1 is 0.400 bits per heavy atom. The number of aromatic nitrogens is 2. The standard InChI is InChI=1S/C42H18F15N3/c43-38(44,45)22-4-8-27-28-9-5-23(39(46,47)48)16-33(28)59(32(27)15-22)31-13-12-26(21-3-1-2-20(14-21)19-58)37(36(31)42(55,56)57)60-34-17-24(40(49,50)51)6-10-29(34)30-11-7-25(18-35(30)60)41(52,53)54/h1-18H. The highest BCUT2D eigenvalue weighted by atomic mass is 19.4. The minimum absolute atomic E-state index is 0.140. The maximum Gasteiger partial charge on any atom is 0.420 e. The van der Waals surface area contributed by atoms with Crippen molar-refractivity contribution in [3.05, 3.63) is 143 Å². The molecule has 8 aromatic rings. The molecule has 0 bridgehead atoms. The maximum absolute atomic E-state index is 16.2. The van der Waals surface area contributed by atoms with Gasteiger partial charge in [0, 0.05) is 27.1 Å². The number of halogens is 15. The summed E-state index contributed by atoms with van der Waals surface area (Å²) in [6, 6.07) is 15.5. The highest BCUT2D eigenvalue weighted by Gasteiger charge is 2.42. The number of benzene rings is 6. The van der Waals surface area contributed by atoms with E-state index in [2.05, 4.69) is 0 Å². The van der Waals surface area contributed by atoms with Crippen LogP contribution in [0, 0.1) is 11.3 Å². The van der Waals surface area contributed by atoms with Crippen molar-refractivity contribution in [1.29, 1.82) is 5.26 Å². The summed E-state index contributed by atoms with van der Waals surface area (Å²) in [6.45, 7) is 0. The minimum Gasteiger partial charge on any atom is -0.309 e. The van der Waals surface area contributed by atoms with Gasteiger partial charge in [-0.25, -0.2) is 0 Å². The van der Waals surface area contributed by atoms with Gasteiger partial charge in [-0.1, -0.05) is 42.5 Å². The van der Waals surface area contributed by atoms with E-state index < -0.39 is 97.7 Å². The van der Waals surface area contributed by atoms with Crippen LogP contribution in [-0.2, 0) is 30.9 Å². The van der Waals surface area contributed by atoms with E-state index in [1.54, 1.807) is 6.07 Å². The van der Waals surface area contributed by atoms with Gasteiger partial charge in [-0.3, -0.25) is 0 Å². The molecular weight excluding hydrogens is 831 g/mol. The molecular formula is C42H18F15N3. The third-order valence-corrected chi connectivity index (χ3v) is 10.1. The summed E-state index contributed by atoms with van der Waals surface area (Å²) < 4.78 is 220. The monoisotopic (exact) mass is 849 g/mol. The topological polar surface area (TPSA) is 33.6 Å². The molecule has 0 saturated carbocycles. The van der Waals surface area contributed by atoms with E-state index in [1.807, 2.05) is 0 Å². The Morgan fingerprint density at radius 2 is 0.783 bits per heavy atom.